The maximum atomic E-state index is 12.3. The van der Waals surface area contributed by atoms with Gasteiger partial charge in [0.15, 0.2) is 0 Å². The van der Waals surface area contributed by atoms with Crippen LogP contribution in [0.3, 0.4) is 0 Å². The molecule has 0 saturated carbocycles. The van der Waals surface area contributed by atoms with Crippen LogP contribution in [0.1, 0.15) is 46.2 Å². The van der Waals surface area contributed by atoms with Crippen molar-refractivity contribution in [2.75, 3.05) is 13.1 Å². The highest BCUT2D eigenvalue weighted by Gasteiger charge is 2.10. The van der Waals surface area contributed by atoms with Crippen molar-refractivity contribution >= 4 is 11.8 Å². The molecule has 10 nitrogen and oxygen atoms in total. The summed E-state index contributed by atoms with van der Waals surface area (Å²) < 4.78 is 3.87. The van der Waals surface area contributed by atoms with E-state index in [1.807, 2.05) is 23.0 Å². The lowest BCUT2D eigenvalue weighted by Gasteiger charge is -2.08. The molecule has 0 saturated heterocycles. The van der Waals surface area contributed by atoms with Gasteiger partial charge in [0.25, 0.3) is 11.8 Å². The molecule has 2 heterocycles. The first kappa shape index (κ1) is 21.2. The van der Waals surface area contributed by atoms with E-state index in [1.54, 1.807) is 36.9 Å². The van der Waals surface area contributed by atoms with E-state index < -0.39 is 0 Å². The second kappa shape index (κ2) is 10.3. The third kappa shape index (κ3) is 5.28. The van der Waals surface area contributed by atoms with Gasteiger partial charge < -0.3 is 19.8 Å². The normalized spacial score (nSPS) is 10.7. The number of carbonyl (C=O) groups is 2. The van der Waals surface area contributed by atoms with E-state index in [0.29, 0.717) is 37.1 Å². The Morgan fingerprint density at radius 3 is 1.53 bits per heavy atom. The minimum atomic E-state index is -0.191. The van der Waals surface area contributed by atoms with E-state index in [4.69, 9.17) is 0 Å². The summed E-state index contributed by atoms with van der Waals surface area (Å²) in [5.41, 5.74) is 0.999. The molecule has 0 radical (unpaired) electrons. The van der Waals surface area contributed by atoms with Crippen molar-refractivity contribution < 1.29 is 9.59 Å². The molecule has 0 fully saturated rings. The van der Waals surface area contributed by atoms with Gasteiger partial charge in [0.2, 0.25) is 0 Å². The Morgan fingerprint density at radius 1 is 0.767 bits per heavy atom. The lowest BCUT2D eigenvalue weighted by atomic mass is 10.1. The van der Waals surface area contributed by atoms with Gasteiger partial charge in [-0.1, -0.05) is 0 Å². The molecule has 2 amide bonds. The van der Waals surface area contributed by atoms with Gasteiger partial charge in [0, 0.05) is 50.1 Å². The van der Waals surface area contributed by atoms with Gasteiger partial charge >= 0.3 is 0 Å². The molecule has 2 aromatic heterocycles. The molecule has 158 valence electrons. The maximum absolute atomic E-state index is 12.3. The van der Waals surface area contributed by atoms with E-state index in [9.17, 15) is 9.59 Å². The number of aryl methyl sites for hydroxylation is 2. The number of benzene rings is 1. The highest BCUT2D eigenvalue weighted by Crippen LogP contribution is 2.05. The van der Waals surface area contributed by atoms with Gasteiger partial charge in [-0.05, 0) is 38.1 Å². The van der Waals surface area contributed by atoms with Gasteiger partial charge in [0.1, 0.15) is 24.3 Å². The third-order valence-electron chi connectivity index (χ3n) is 4.75. The number of amides is 2. The van der Waals surface area contributed by atoms with Crippen molar-refractivity contribution in [3.8, 4) is 0 Å². The van der Waals surface area contributed by atoms with Crippen LogP contribution in [0, 0.1) is 0 Å². The predicted molar refractivity (Wildman–Crippen MR) is 110 cm³/mol. The van der Waals surface area contributed by atoms with Crippen LogP contribution in [-0.2, 0) is 25.9 Å². The van der Waals surface area contributed by atoms with Gasteiger partial charge in [-0.3, -0.25) is 9.59 Å². The first-order valence-electron chi connectivity index (χ1n) is 10.0. The van der Waals surface area contributed by atoms with Crippen molar-refractivity contribution in [1.29, 1.82) is 0 Å². The summed E-state index contributed by atoms with van der Waals surface area (Å²) in [5, 5.41) is 21.6. The van der Waals surface area contributed by atoms with Crippen LogP contribution >= 0.6 is 0 Å². The lowest BCUT2D eigenvalue weighted by Crippen LogP contribution is -2.27. The second-order valence-electron chi connectivity index (χ2n) is 6.66. The van der Waals surface area contributed by atoms with Crippen molar-refractivity contribution in [2.24, 2.45) is 0 Å². The zero-order valence-corrected chi connectivity index (χ0v) is 17.2. The van der Waals surface area contributed by atoms with Crippen LogP contribution in [0.25, 0.3) is 0 Å². The Kier molecular flexibility index (Phi) is 7.25. The SMILES string of the molecule is CCn1cnnc1CCNC(=O)c1ccc(C(=O)NCCc2nncn2CC)cc1. The monoisotopic (exact) mass is 410 g/mol. The van der Waals surface area contributed by atoms with E-state index in [-0.39, 0.29) is 11.8 Å². The maximum Gasteiger partial charge on any atom is 0.251 e. The number of hydrogen-bond acceptors (Lipinski definition) is 6. The fraction of sp³-hybridized carbons (Fsp3) is 0.400. The number of carbonyl (C=O) groups excluding carboxylic acids is 2. The lowest BCUT2D eigenvalue weighted by molar-refractivity contribution is 0.0942. The molecular weight excluding hydrogens is 384 g/mol. The van der Waals surface area contributed by atoms with Crippen LogP contribution in [0.15, 0.2) is 36.9 Å². The largest absolute Gasteiger partial charge is 0.352 e. The average molecular weight is 410 g/mol. The fourth-order valence-corrected chi connectivity index (χ4v) is 3.03. The Bertz CT molecular complexity index is 898. The van der Waals surface area contributed by atoms with Gasteiger partial charge in [0.05, 0.1) is 0 Å². The summed E-state index contributed by atoms with van der Waals surface area (Å²) >= 11 is 0. The second-order valence-corrected chi connectivity index (χ2v) is 6.66. The summed E-state index contributed by atoms with van der Waals surface area (Å²) in [7, 11) is 0. The van der Waals surface area contributed by atoms with E-state index in [0.717, 1.165) is 24.7 Å². The van der Waals surface area contributed by atoms with Crippen molar-refractivity contribution in [3.63, 3.8) is 0 Å². The number of aromatic nitrogens is 6. The zero-order chi connectivity index (χ0) is 21.3. The Hall–Kier alpha value is -3.56. The summed E-state index contributed by atoms with van der Waals surface area (Å²) in [4.78, 5) is 24.6. The molecule has 2 N–H and O–H groups in total. The smallest absolute Gasteiger partial charge is 0.251 e. The van der Waals surface area contributed by atoms with Crippen LogP contribution in [0.5, 0.6) is 0 Å². The molecule has 3 aromatic rings. The molecule has 0 aliphatic rings. The standard InChI is InChI=1S/C20H26N8O2/c1-3-27-13-23-25-17(27)9-11-21-19(29)15-5-7-16(8-6-15)20(30)22-12-10-18-26-24-14-28(18)4-2/h5-8,13-14H,3-4,9-12H2,1-2H3,(H,21,29)(H,22,30). The summed E-state index contributed by atoms with van der Waals surface area (Å²) in [6.07, 6.45) is 4.56. The summed E-state index contributed by atoms with van der Waals surface area (Å²) in [5.74, 6) is 1.29. The molecule has 1 aromatic carbocycles. The number of nitrogens with one attached hydrogen (secondary N) is 2. The zero-order valence-electron chi connectivity index (χ0n) is 17.2. The van der Waals surface area contributed by atoms with Gasteiger partial charge in [-0.15, -0.1) is 20.4 Å². The first-order valence-corrected chi connectivity index (χ1v) is 10.0. The molecule has 10 heteroatoms. The number of rotatable bonds is 10. The highest BCUT2D eigenvalue weighted by molar-refractivity contribution is 5.97. The van der Waals surface area contributed by atoms with Crippen LogP contribution in [0.4, 0.5) is 0 Å². The molecule has 0 spiro atoms. The minimum absolute atomic E-state index is 0.191. The average Bonchev–Trinajstić information content (AvgIpc) is 3.42. The molecule has 3 rings (SSSR count). The Morgan fingerprint density at radius 2 is 1.17 bits per heavy atom. The number of nitrogens with zero attached hydrogens (tertiary/aromatic N) is 6. The number of hydrogen-bond donors (Lipinski definition) is 2. The molecule has 0 unspecified atom stereocenters. The van der Waals surface area contributed by atoms with E-state index in [2.05, 4.69) is 31.0 Å². The van der Waals surface area contributed by atoms with Crippen molar-refractivity contribution in [2.45, 2.75) is 39.8 Å². The van der Waals surface area contributed by atoms with Gasteiger partial charge in [-0.25, -0.2) is 0 Å². The Balaban J connectivity index is 1.45. The van der Waals surface area contributed by atoms with Crippen LogP contribution in [0.2, 0.25) is 0 Å². The Labute approximate surface area is 174 Å². The summed E-state index contributed by atoms with van der Waals surface area (Å²) in [6, 6.07) is 6.58. The topological polar surface area (TPSA) is 120 Å². The molecular formula is C20H26N8O2. The fourth-order valence-electron chi connectivity index (χ4n) is 3.03. The first-order chi connectivity index (χ1) is 14.6. The molecule has 0 aliphatic carbocycles. The van der Waals surface area contributed by atoms with Crippen molar-refractivity contribution in [1.82, 2.24) is 40.2 Å². The van der Waals surface area contributed by atoms with Crippen LogP contribution < -0.4 is 10.6 Å². The third-order valence-corrected chi connectivity index (χ3v) is 4.75. The molecule has 0 bridgehead atoms. The van der Waals surface area contributed by atoms with Crippen LogP contribution in [-0.4, -0.2) is 54.4 Å². The van der Waals surface area contributed by atoms with Gasteiger partial charge in [-0.2, -0.15) is 0 Å². The van der Waals surface area contributed by atoms with Crippen molar-refractivity contribution in [3.05, 3.63) is 59.7 Å². The highest BCUT2D eigenvalue weighted by atomic mass is 16.2. The molecule has 0 atom stereocenters. The molecule has 0 aliphatic heterocycles. The minimum Gasteiger partial charge on any atom is -0.352 e. The molecule has 30 heavy (non-hydrogen) atoms. The van der Waals surface area contributed by atoms with E-state index >= 15 is 0 Å². The predicted octanol–water partition coefficient (Wildman–Crippen LogP) is 0.854. The quantitative estimate of drug-likeness (QED) is 0.511. The van der Waals surface area contributed by atoms with E-state index in [1.165, 1.54) is 0 Å². The summed E-state index contributed by atoms with van der Waals surface area (Å²) in [6.45, 7) is 6.53.